The Hall–Kier alpha value is -0.970. The van der Waals surface area contributed by atoms with E-state index in [-0.39, 0.29) is 19.0 Å². The minimum atomic E-state index is -0.199. The van der Waals surface area contributed by atoms with E-state index in [4.69, 9.17) is 10.8 Å². The molecule has 0 atom stereocenters. The van der Waals surface area contributed by atoms with Crippen molar-refractivity contribution in [1.82, 2.24) is 4.90 Å². The van der Waals surface area contributed by atoms with Gasteiger partial charge in [0.2, 0.25) is 0 Å². The molecule has 3 N–H and O–H groups in total. The molecule has 1 aromatic rings. The van der Waals surface area contributed by atoms with Gasteiger partial charge in [-0.1, -0.05) is 18.2 Å². The molecule has 1 aromatic carbocycles. The lowest BCUT2D eigenvalue weighted by atomic mass is 10.1. The van der Waals surface area contributed by atoms with Crippen molar-refractivity contribution in [2.45, 2.75) is 39.4 Å². The molecule has 0 aliphatic carbocycles. The number of halogens is 1. The maximum atomic E-state index is 14.1. The average molecular weight is 254 g/mol. The summed E-state index contributed by atoms with van der Waals surface area (Å²) in [6.45, 7) is 5.84. The number of rotatable bonds is 7. The highest BCUT2D eigenvalue weighted by Gasteiger charge is 2.13. The van der Waals surface area contributed by atoms with Gasteiger partial charge in [-0.25, -0.2) is 4.39 Å². The number of hydrogen-bond donors (Lipinski definition) is 2. The zero-order valence-electron chi connectivity index (χ0n) is 11.2. The van der Waals surface area contributed by atoms with E-state index in [0.717, 1.165) is 6.54 Å². The third-order valence-electron chi connectivity index (χ3n) is 3.09. The molecule has 1 rings (SSSR count). The summed E-state index contributed by atoms with van der Waals surface area (Å²) < 4.78 is 14.1. The van der Waals surface area contributed by atoms with Crippen LogP contribution in [0.5, 0.6) is 0 Å². The fraction of sp³-hybridized carbons (Fsp3) is 0.571. The smallest absolute Gasteiger partial charge is 0.132 e. The SMILES string of the molecule is CC(C)N(CCCO)Cc1cccc(CN)c1F. The second kappa shape index (κ2) is 7.46. The number of aliphatic hydroxyl groups is 1. The minimum absolute atomic E-state index is 0.161. The molecule has 0 bridgehead atoms. The van der Waals surface area contributed by atoms with E-state index >= 15 is 0 Å². The van der Waals surface area contributed by atoms with Gasteiger partial charge in [0.1, 0.15) is 5.82 Å². The fourth-order valence-corrected chi connectivity index (χ4v) is 1.93. The first-order valence-corrected chi connectivity index (χ1v) is 6.41. The Morgan fingerprint density at radius 1 is 1.33 bits per heavy atom. The summed E-state index contributed by atoms with van der Waals surface area (Å²) in [6.07, 6.45) is 0.705. The van der Waals surface area contributed by atoms with Crippen LogP contribution in [0, 0.1) is 5.82 Å². The number of benzene rings is 1. The highest BCUT2D eigenvalue weighted by atomic mass is 19.1. The van der Waals surface area contributed by atoms with Gasteiger partial charge in [-0.3, -0.25) is 4.90 Å². The number of hydrogen-bond acceptors (Lipinski definition) is 3. The Balaban J connectivity index is 2.80. The minimum Gasteiger partial charge on any atom is -0.396 e. The van der Waals surface area contributed by atoms with Gasteiger partial charge in [0, 0.05) is 43.4 Å². The Kier molecular flexibility index (Phi) is 6.25. The van der Waals surface area contributed by atoms with Crippen LogP contribution in [-0.4, -0.2) is 29.2 Å². The van der Waals surface area contributed by atoms with Crippen LogP contribution in [0.2, 0.25) is 0 Å². The van der Waals surface area contributed by atoms with Gasteiger partial charge < -0.3 is 10.8 Å². The second-order valence-electron chi connectivity index (χ2n) is 4.74. The van der Waals surface area contributed by atoms with E-state index in [2.05, 4.69) is 18.7 Å². The van der Waals surface area contributed by atoms with Gasteiger partial charge in [0.15, 0.2) is 0 Å². The van der Waals surface area contributed by atoms with Crippen LogP contribution >= 0.6 is 0 Å². The average Bonchev–Trinajstić information content (AvgIpc) is 2.36. The molecule has 0 aromatic heterocycles. The number of nitrogens with two attached hydrogens (primary N) is 1. The van der Waals surface area contributed by atoms with Crippen LogP contribution in [0.25, 0.3) is 0 Å². The van der Waals surface area contributed by atoms with Crippen molar-refractivity contribution in [3.8, 4) is 0 Å². The maximum Gasteiger partial charge on any atom is 0.132 e. The molecule has 0 aliphatic rings. The third-order valence-corrected chi connectivity index (χ3v) is 3.09. The molecular formula is C14H23FN2O. The van der Waals surface area contributed by atoms with Gasteiger partial charge in [0.05, 0.1) is 0 Å². The lowest BCUT2D eigenvalue weighted by Gasteiger charge is -2.26. The Labute approximate surface area is 108 Å². The molecule has 0 fully saturated rings. The van der Waals surface area contributed by atoms with Crippen molar-refractivity contribution < 1.29 is 9.50 Å². The van der Waals surface area contributed by atoms with Crippen molar-refractivity contribution in [2.24, 2.45) is 5.73 Å². The molecule has 0 radical (unpaired) electrons. The molecule has 0 amide bonds. The summed E-state index contributed by atoms with van der Waals surface area (Å²) in [6, 6.07) is 5.66. The largest absolute Gasteiger partial charge is 0.396 e. The summed E-state index contributed by atoms with van der Waals surface area (Å²) in [4.78, 5) is 2.15. The lowest BCUT2D eigenvalue weighted by molar-refractivity contribution is 0.183. The predicted molar refractivity (Wildman–Crippen MR) is 71.5 cm³/mol. The number of nitrogens with zero attached hydrogens (tertiary/aromatic N) is 1. The second-order valence-corrected chi connectivity index (χ2v) is 4.74. The molecule has 3 nitrogen and oxygen atoms in total. The van der Waals surface area contributed by atoms with E-state index in [9.17, 15) is 4.39 Å². The van der Waals surface area contributed by atoms with Crippen LogP contribution in [0.1, 0.15) is 31.4 Å². The van der Waals surface area contributed by atoms with Crippen molar-refractivity contribution in [1.29, 1.82) is 0 Å². The van der Waals surface area contributed by atoms with E-state index in [0.29, 0.717) is 30.1 Å². The van der Waals surface area contributed by atoms with Gasteiger partial charge >= 0.3 is 0 Å². The topological polar surface area (TPSA) is 49.5 Å². The highest BCUT2D eigenvalue weighted by molar-refractivity contribution is 5.25. The summed E-state index contributed by atoms with van der Waals surface area (Å²) in [5, 5.41) is 8.88. The summed E-state index contributed by atoms with van der Waals surface area (Å²) in [7, 11) is 0. The molecule has 0 heterocycles. The standard InChI is InChI=1S/C14H23FN2O/c1-11(2)17(7-4-8-18)10-13-6-3-5-12(9-16)14(13)15/h3,5-6,11,18H,4,7-10,16H2,1-2H3. The maximum absolute atomic E-state index is 14.1. The van der Waals surface area contributed by atoms with Crippen LogP contribution in [0.3, 0.4) is 0 Å². The van der Waals surface area contributed by atoms with Gasteiger partial charge in [-0.05, 0) is 20.3 Å². The van der Waals surface area contributed by atoms with Crippen LogP contribution < -0.4 is 5.73 Å². The van der Waals surface area contributed by atoms with Crippen LogP contribution in [0.4, 0.5) is 4.39 Å². The summed E-state index contributed by atoms with van der Waals surface area (Å²) >= 11 is 0. The Bertz CT molecular complexity index is 369. The number of aliphatic hydroxyl groups excluding tert-OH is 1. The molecule has 102 valence electrons. The normalized spacial score (nSPS) is 11.5. The molecule has 0 unspecified atom stereocenters. The van der Waals surface area contributed by atoms with Crippen molar-refractivity contribution in [3.63, 3.8) is 0 Å². The molecule has 0 saturated heterocycles. The van der Waals surface area contributed by atoms with E-state index in [1.165, 1.54) is 0 Å². The Morgan fingerprint density at radius 3 is 2.56 bits per heavy atom. The zero-order valence-corrected chi connectivity index (χ0v) is 11.2. The lowest BCUT2D eigenvalue weighted by Crippen LogP contribution is -2.32. The predicted octanol–water partition coefficient (Wildman–Crippen LogP) is 1.88. The zero-order chi connectivity index (χ0) is 13.5. The van der Waals surface area contributed by atoms with Gasteiger partial charge in [0.25, 0.3) is 0 Å². The molecule has 18 heavy (non-hydrogen) atoms. The molecule has 0 saturated carbocycles. The van der Waals surface area contributed by atoms with Gasteiger partial charge in [-0.2, -0.15) is 0 Å². The first kappa shape index (κ1) is 15.1. The van der Waals surface area contributed by atoms with Crippen molar-refractivity contribution in [2.75, 3.05) is 13.2 Å². The third kappa shape index (κ3) is 4.05. The fourth-order valence-electron chi connectivity index (χ4n) is 1.93. The molecule has 0 aliphatic heterocycles. The van der Waals surface area contributed by atoms with E-state index < -0.39 is 0 Å². The Morgan fingerprint density at radius 2 is 2.00 bits per heavy atom. The summed E-state index contributed by atoms with van der Waals surface area (Å²) in [5.41, 5.74) is 6.73. The van der Waals surface area contributed by atoms with Gasteiger partial charge in [-0.15, -0.1) is 0 Å². The van der Waals surface area contributed by atoms with Crippen molar-refractivity contribution >= 4 is 0 Å². The van der Waals surface area contributed by atoms with Crippen LogP contribution in [-0.2, 0) is 13.1 Å². The molecular weight excluding hydrogens is 231 g/mol. The highest BCUT2D eigenvalue weighted by Crippen LogP contribution is 2.16. The first-order chi connectivity index (χ1) is 8.60. The first-order valence-electron chi connectivity index (χ1n) is 6.41. The monoisotopic (exact) mass is 254 g/mol. The molecule has 0 spiro atoms. The summed E-state index contributed by atoms with van der Waals surface area (Å²) in [5.74, 6) is -0.199. The van der Waals surface area contributed by atoms with E-state index in [1.807, 2.05) is 6.07 Å². The van der Waals surface area contributed by atoms with E-state index in [1.54, 1.807) is 12.1 Å². The van der Waals surface area contributed by atoms with Crippen molar-refractivity contribution in [3.05, 3.63) is 35.1 Å². The quantitative estimate of drug-likeness (QED) is 0.781. The van der Waals surface area contributed by atoms with Crippen LogP contribution in [0.15, 0.2) is 18.2 Å². The molecule has 4 heteroatoms.